The summed E-state index contributed by atoms with van der Waals surface area (Å²) >= 11 is 0. The summed E-state index contributed by atoms with van der Waals surface area (Å²) in [6.07, 6.45) is 7.00. The summed E-state index contributed by atoms with van der Waals surface area (Å²) in [5.74, 6) is 0.991. The van der Waals surface area contributed by atoms with Crippen LogP contribution in [0.5, 0.6) is 5.75 Å². The van der Waals surface area contributed by atoms with Gasteiger partial charge < -0.3 is 19.3 Å². The molecule has 1 aromatic carbocycles. The molecule has 0 spiro atoms. The Labute approximate surface area is 163 Å². The summed E-state index contributed by atoms with van der Waals surface area (Å²) in [5.41, 5.74) is 0.761. The van der Waals surface area contributed by atoms with Gasteiger partial charge in [-0.3, -0.25) is 4.79 Å². The summed E-state index contributed by atoms with van der Waals surface area (Å²) in [6, 6.07) is 8.22. The van der Waals surface area contributed by atoms with Crippen LogP contribution in [0, 0.1) is 0 Å². The van der Waals surface area contributed by atoms with Gasteiger partial charge in [-0.05, 0) is 56.4 Å². The van der Waals surface area contributed by atoms with E-state index < -0.39 is 0 Å². The first kappa shape index (κ1) is 20.2. The highest BCUT2D eigenvalue weighted by atomic mass is 16.5. The number of rotatable bonds is 7. The number of methoxy groups -OCH3 is 1. The third-order valence-electron chi connectivity index (χ3n) is 5.95. The molecule has 3 rings (SSSR count). The Morgan fingerprint density at radius 1 is 1.04 bits per heavy atom. The van der Waals surface area contributed by atoms with Gasteiger partial charge in [0.1, 0.15) is 5.75 Å². The van der Waals surface area contributed by atoms with Crippen LogP contribution in [0.4, 0.5) is 0 Å². The Balaban J connectivity index is 1.45. The molecule has 0 saturated carbocycles. The molecule has 0 N–H and O–H groups in total. The molecule has 5 heteroatoms. The molecule has 1 aromatic rings. The highest BCUT2D eigenvalue weighted by Gasteiger charge is 2.29. The van der Waals surface area contributed by atoms with Gasteiger partial charge in [-0.15, -0.1) is 0 Å². The van der Waals surface area contributed by atoms with Crippen LogP contribution in [0.2, 0.25) is 0 Å². The average Bonchev–Trinajstić information content (AvgIpc) is 2.74. The standard InChI is InChI=1S/C22H34N2O3/c1-3-4-17-27-21-7-5-18(6-8-21)22(25)24-13-9-19(10-14-24)23-15-11-20(26-2)12-16-23/h5-8,19-20H,3-4,9-17H2,1-2H3. The molecule has 2 fully saturated rings. The maximum Gasteiger partial charge on any atom is 0.253 e. The highest BCUT2D eigenvalue weighted by Crippen LogP contribution is 2.23. The largest absolute Gasteiger partial charge is 0.494 e. The van der Waals surface area contributed by atoms with Crippen molar-refractivity contribution in [2.24, 2.45) is 0 Å². The van der Waals surface area contributed by atoms with Crippen LogP contribution >= 0.6 is 0 Å². The van der Waals surface area contributed by atoms with Gasteiger partial charge in [0.25, 0.3) is 5.91 Å². The molecule has 1 amide bonds. The second kappa shape index (κ2) is 10.1. The van der Waals surface area contributed by atoms with Crippen molar-refractivity contribution in [3.8, 4) is 5.75 Å². The molecule has 2 saturated heterocycles. The molecule has 0 atom stereocenters. The first-order chi connectivity index (χ1) is 13.2. The molecular formula is C22H34N2O3. The third kappa shape index (κ3) is 5.45. The first-order valence-electron chi connectivity index (χ1n) is 10.5. The molecule has 2 aliphatic rings. The van der Waals surface area contributed by atoms with Crippen LogP contribution in [0.1, 0.15) is 55.8 Å². The van der Waals surface area contributed by atoms with E-state index in [2.05, 4.69) is 11.8 Å². The van der Waals surface area contributed by atoms with Gasteiger partial charge in [-0.2, -0.15) is 0 Å². The van der Waals surface area contributed by atoms with Crippen LogP contribution in [0.3, 0.4) is 0 Å². The summed E-state index contributed by atoms with van der Waals surface area (Å²) in [7, 11) is 1.81. The minimum atomic E-state index is 0.145. The van der Waals surface area contributed by atoms with Gasteiger partial charge in [0.2, 0.25) is 0 Å². The monoisotopic (exact) mass is 374 g/mol. The van der Waals surface area contributed by atoms with E-state index in [4.69, 9.17) is 9.47 Å². The molecule has 0 aromatic heterocycles. The molecule has 2 heterocycles. The minimum absolute atomic E-state index is 0.145. The van der Waals surface area contributed by atoms with Crippen LogP contribution in [0.25, 0.3) is 0 Å². The third-order valence-corrected chi connectivity index (χ3v) is 5.95. The predicted octanol–water partition coefficient (Wildman–Crippen LogP) is 3.58. The number of unbranched alkanes of at least 4 members (excludes halogenated alkanes) is 1. The number of hydrogen-bond donors (Lipinski definition) is 0. The SMILES string of the molecule is CCCCOc1ccc(C(=O)N2CCC(N3CCC(OC)CC3)CC2)cc1. The fourth-order valence-electron chi connectivity index (χ4n) is 4.12. The zero-order chi connectivity index (χ0) is 19.1. The Hall–Kier alpha value is -1.59. The van der Waals surface area contributed by atoms with E-state index in [9.17, 15) is 4.79 Å². The average molecular weight is 375 g/mol. The van der Waals surface area contributed by atoms with Crippen LogP contribution in [-0.4, -0.2) is 67.7 Å². The maximum atomic E-state index is 12.8. The summed E-state index contributed by atoms with van der Waals surface area (Å²) in [5, 5.41) is 0. The number of piperidine rings is 2. The Morgan fingerprint density at radius 3 is 2.30 bits per heavy atom. The molecule has 150 valence electrons. The second-order valence-electron chi connectivity index (χ2n) is 7.72. The van der Waals surface area contributed by atoms with Crippen LogP contribution in [-0.2, 0) is 4.74 Å². The molecule has 0 bridgehead atoms. The lowest BCUT2D eigenvalue weighted by Crippen LogP contribution is -2.49. The molecule has 0 radical (unpaired) electrons. The number of carbonyl (C=O) groups is 1. The maximum absolute atomic E-state index is 12.8. The van der Waals surface area contributed by atoms with Gasteiger partial charge in [0.05, 0.1) is 12.7 Å². The smallest absolute Gasteiger partial charge is 0.253 e. The number of amides is 1. The Morgan fingerprint density at radius 2 is 1.70 bits per heavy atom. The number of likely N-dealkylation sites (tertiary alicyclic amines) is 2. The number of ether oxygens (including phenoxy) is 2. The van der Waals surface area contributed by atoms with Crippen molar-refractivity contribution in [1.29, 1.82) is 0 Å². The van der Waals surface area contributed by atoms with Gasteiger partial charge in [0.15, 0.2) is 0 Å². The fourth-order valence-corrected chi connectivity index (χ4v) is 4.12. The fraction of sp³-hybridized carbons (Fsp3) is 0.682. The van der Waals surface area contributed by atoms with E-state index in [1.165, 1.54) is 0 Å². The van der Waals surface area contributed by atoms with E-state index in [1.54, 1.807) is 0 Å². The number of hydrogen-bond acceptors (Lipinski definition) is 4. The Bertz CT molecular complexity index is 574. The van der Waals surface area contributed by atoms with E-state index in [-0.39, 0.29) is 5.91 Å². The van der Waals surface area contributed by atoms with Crippen molar-refractivity contribution in [2.75, 3.05) is 39.9 Å². The lowest BCUT2D eigenvalue weighted by molar-refractivity contribution is 0.0145. The van der Waals surface area contributed by atoms with Gasteiger partial charge >= 0.3 is 0 Å². The van der Waals surface area contributed by atoms with Crippen molar-refractivity contribution in [3.05, 3.63) is 29.8 Å². The van der Waals surface area contributed by atoms with E-state index >= 15 is 0 Å². The van der Waals surface area contributed by atoms with Crippen molar-refractivity contribution >= 4 is 5.91 Å². The number of nitrogens with zero attached hydrogens (tertiary/aromatic N) is 2. The first-order valence-corrected chi connectivity index (χ1v) is 10.5. The molecule has 0 unspecified atom stereocenters. The zero-order valence-electron chi connectivity index (χ0n) is 16.9. The number of benzene rings is 1. The molecule has 2 aliphatic heterocycles. The van der Waals surface area contributed by atoms with E-state index in [1.807, 2.05) is 36.3 Å². The molecule has 27 heavy (non-hydrogen) atoms. The molecular weight excluding hydrogens is 340 g/mol. The van der Waals surface area contributed by atoms with E-state index in [0.29, 0.717) is 12.1 Å². The van der Waals surface area contributed by atoms with Gasteiger partial charge in [-0.25, -0.2) is 0 Å². The van der Waals surface area contributed by atoms with E-state index in [0.717, 1.165) is 82.6 Å². The minimum Gasteiger partial charge on any atom is -0.494 e. The van der Waals surface area contributed by atoms with Gasteiger partial charge in [-0.1, -0.05) is 13.3 Å². The summed E-state index contributed by atoms with van der Waals surface area (Å²) in [6.45, 7) is 6.83. The summed E-state index contributed by atoms with van der Waals surface area (Å²) in [4.78, 5) is 17.4. The summed E-state index contributed by atoms with van der Waals surface area (Å²) < 4.78 is 11.2. The van der Waals surface area contributed by atoms with Crippen LogP contribution in [0.15, 0.2) is 24.3 Å². The van der Waals surface area contributed by atoms with Crippen molar-refractivity contribution < 1.29 is 14.3 Å². The normalized spacial score (nSPS) is 20.0. The molecule has 5 nitrogen and oxygen atoms in total. The van der Waals surface area contributed by atoms with Crippen molar-refractivity contribution in [3.63, 3.8) is 0 Å². The Kier molecular flexibility index (Phi) is 7.53. The lowest BCUT2D eigenvalue weighted by atomic mass is 9.98. The number of carbonyl (C=O) groups excluding carboxylic acids is 1. The highest BCUT2D eigenvalue weighted by molar-refractivity contribution is 5.94. The molecule has 0 aliphatic carbocycles. The van der Waals surface area contributed by atoms with Gasteiger partial charge in [0, 0.05) is 44.9 Å². The second-order valence-corrected chi connectivity index (χ2v) is 7.72. The zero-order valence-corrected chi connectivity index (χ0v) is 16.9. The van der Waals surface area contributed by atoms with Crippen molar-refractivity contribution in [1.82, 2.24) is 9.80 Å². The topological polar surface area (TPSA) is 42.0 Å². The van der Waals surface area contributed by atoms with Crippen molar-refractivity contribution in [2.45, 2.75) is 57.6 Å². The lowest BCUT2D eigenvalue weighted by Gasteiger charge is -2.41. The van der Waals surface area contributed by atoms with Crippen LogP contribution < -0.4 is 4.74 Å². The predicted molar refractivity (Wildman–Crippen MR) is 107 cm³/mol. The quantitative estimate of drug-likeness (QED) is 0.684.